The molecule has 172 valence electrons. The molecule has 7 nitrogen and oxygen atoms in total. The van der Waals surface area contributed by atoms with Crippen molar-refractivity contribution in [2.45, 2.75) is 37.0 Å². The number of hydrogen-bond acceptors (Lipinski definition) is 5. The highest BCUT2D eigenvalue weighted by Gasteiger charge is 2.25. The summed E-state index contributed by atoms with van der Waals surface area (Å²) in [6, 6.07) is 9.62. The molecule has 32 heavy (non-hydrogen) atoms. The van der Waals surface area contributed by atoms with Crippen LogP contribution in [0.1, 0.15) is 41.6 Å². The van der Waals surface area contributed by atoms with Crippen LogP contribution in [0, 0.1) is 0 Å². The van der Waals surface area contributed by atoms with E-state index in [0.29, 0.717) is 42.3 Å². The van der Waals surface area contributed by atoms with Crippen molar-refractivity contribution < 1.29 is 22.7 Å². The van der Waals surface area contributed by atoms with E-state index in [9.17, 15) is 13.2 Å². The van der Waals surface area contributed by atoms with Gasteiger partial charge in [-0.1, -0.05) is 18.9 Å². The number of sulfonamides is 1. The predicted octanol–water partition coefficient (Wildman–Crippen LogP) is 4.25. The number of amides is 1. The predicted molar refractivity (Wildman–Crippen MR) is 125 cm³/mol. The van der Waals surface area contributed by atoms with Crippen LogP contribution in [-0.2, 0) is 16.4 Å². The van der Waals surface area contributed by atoms with Crippen LogP contribution in [0.2, 0.25) is 0 Å². The fraction of sp³-hybridized carbons (Fsp3) is 0.375. The Morgan fingerprint density at radius 1 is 1.06 bits per heavy atom. The Morgan fingerprint density at radius 2 is 1.72 bits per heavy atom. The maximum atomic E-state index is 12.9. The SMILES string of the molecule is C=CCc1cc(C(=O)Nc2ccc(S(=O)(=O)N3CCCCCC3)cc2)cc(OC)c1OC. The zero-order valence-electron chi connectivity index (χ0n) is 18.6. The molecule has 1 N–H and O–H groups in total. The third-order valence-corrected chi connectivity index (χ3v) is 7.41. The van der Waals surface area contributed by atoms with Crippen molar-refractivity contribution in [3.05, 3.63) is 60.2 Å². The van der Waals surface area contributed by atoms with Crippen LogP contribution in [0.4, 0.5) is 5.69 Å². The van der Waals surface area contributed by atoms with E-state index in [0.717, 1.165) is 31.2 Å². The van der Waals surface area contributed by atoms with Crippen LogP contribution in [0.5, 0.6) is 11.5 Å². The minimum absolute atomic E-state index is 0.233. The van der Waals surface area contributed by atoms with Gasteiger partial charge in [0.25, 0.3) is 5.91 Å². The van der Waals surface area contributed by atoms with Gasteiger partial charge >= 0.3 is 0 Å². The molecular weight excluding hydrogens is 428 g/mol. The van der Waals surface area contributed by atoms with Gasteiger partial charge in [-0.05, 0) is 55.7 Å². The summed E-state index contributed by atoms with van der Waals surface area (Å²) in [4.78, 5) is 13.1. The van der Waals surface area contributed by atoms with Crippen LogP contribution in [0.15, 0.2) is 53.9 Å². The van der Waals surface area contributed by atoms with Crippen molar-refractivity contribution in [2.24, 2.45) is 0 Å². The second kappa shape index (κ2) is 10.7. The molecular formula is C24H30N2O5S. The van der Waals surface area contributed by atoms with Crippen LogP contribution in [0.25, 0.3) is 0 Å². The zero-order chi connectivity index (χ0) is 23.1. The molecule has 8 heteroatoms. The Morgan fingerprint density at radius 3 is 2.28 bits per heavy atom. The van der Waals surface area contributed by atoms with Gasteiger partial charge in [0.15, 0.2) is 11.5 Å². The lowest BCUT2D eigenvalue weighted by Gasteiger charge is -2.20. The first-order chi connectivity index (χ1) is 15.4. The molecule has 2 aromatic carbocycles. The number of allylic oxidation sites excluding steroid dienone is 1. The Balaban J connectivity index is 1.79. The van der Waals surface area contributed by atoms with E-state index >= 15 is 0 Å². The first-order valence-corrected chi connectivity index (χ1v) is 12.1. The smallest absolute Gasteiger partial charge is 0.255 e. The Hall–Kier alpha value is -2.84. The summed E-state index contributed by atoms with van der Waals surface area (Å²) in [6.07, 6.45) is 6.12. The molecule has 1 saturated heterocycles. The first kappa shape index (κ1) is 23.8. The second-order valence-corrected chi connectivity index (χ2v) is 9.60. The summed E-state index contributed by atoms with van der Waals surface area (Å²) in [5.41, 5.74) is 1.69. The largest absolute Gasteiger partial charge is 0.493 e. The maximum absolute atomic E-state index is 12.9. The number of rotatable bonds is 8. The molecule has 0 spiro atoms. The summed E-state index contributed by atoms with van der Waals surface area (Å²) in [7, 11) is -0.469. The lowest BCUT2D eigenvalue weighted by molar-refractivity contribution is 0.102. The van der Waals surface area contributed by atoms with E-state index in [1.54, 1.807) is 41.8 Å². The van der Waals surface area contributed by atoms with Crippen molar-refractivity contribution in [2.75, 3.05) is 32.6 Å². The minimum Gasteiger partial charge on any atom is -0.493 e. The highest BCUT2D eigenvalue weighted by atomic mass is 32.2. The van der Waals surface area contributed by atoms with Crippen molar-refractivity contribution >= 4 is 21.6 Å². The lowest BCUT2D eigenvalue weighted by Crippen LogP contribution is -2.31. The van der Waals surface area contributed by atoms with Crippen LogP contribution in [-0.4, -0.2) is 45.9 Å². The average molecular weight is 459 g/mol. The molecule has 0 saturated carbocycles. The average Bonchev–Trinajstić information content (AvgIpc) is 3.09. The zero-order valence-corrected chi connectivity index (χ0v) is 19.4. The summed E-state index contributed by atoms with van der Waals surface area (Å²) < 4.78 is 38.2. The summed E-state index contributed by atoms with van der Waals surface area (Å²) in [5.74, 6) is 0.683. The first-order valence-electron chi connectivity index (χ1n) is 10.7. The van der Waals surface area contributed by atoms with E-state index in [-0.39, 0.29) is 10.8 Å². The molecule has 1 fully saturated rings. The molecule has 1 heterocycles. The van der Waals surface area contributed by atoms with E-state index < -0.39 is 10.0 Å². The summed E-state index contributed by atoms with van der Waals surface area (Å²) in [6.45, 7) is 4.84. The quantitative estimate of drug-likeness (QED) is 0.598. The molecule has 0 atom stereocenters. The number of carbonyl (C=O) groups is 1. The number of ether oxygens (including phenoxy) is 2. The number of nitrogens with one attached hydrogen (secondary N) is 1. The highest BCUT2D eigenvalue weighted by molar-refractivity contribution is 7.89. The lowest BCUT2D eigenvalue weighted by atomic mass is 10.0. The molecule has 3 rings (SSSR count). The summed E-state index contributed by atoms with van der Waals surface area (Å²) in [5, 5.41) is 2.81. The Labute approximate surface area is 190 Å². The standard InChI is InChI=1S/C24H30N2O5S/c1-4-9-18-16-19(17-22(30-2)23(18)31-3)24(27)25-20-10-12-21(13-11-20)32(28,29)26-14-7-5-6-8-15-26/h4,10-13,16-17H,1,5-9,14-15H2,2-3H3,(H,25,27). The maximum Gasteiger partial charge on any atom is 0.255 e. The van der Waals surface area contributed by atoms with Crippen molar-refractivity contribution in [1.82, 2.24) is 4.31 Å². The number of methoxy groups -OCH3 is 2. The molecule has 0 unspecified atom stereocenters. The molecule has 0 radical (unpaired) electrons. The van der Waals surface area contributed by atoms with Gasteiger partial charge in [-0.2, -0.15) is 4.31 Å². The minimum atomic E-state index is -3.53. The van der Waals surface area contributed by atoms with Gasteiger partial charge in [0.05, 0.1) is 19.1 Å². The number of nitrogens with zero attached hydrogens (tertiary/aromatic N) is 1. The number of carbonyl (C=O) groups excluding carboxylic acids is 1. The third-order valence-electron chi connectivity index (χ3n) is 5.50. The third kappa shape index (κ3) is 5.31. The number of hydrogen-bond donors (Lipinski definition) is 1. The van der Waals surface area contributed by atoms with Crippen LogP contribution in [0.3, 0.4) is 0 Å². The molecule has 0 aromatic heterocycles. The van der Waals surface area contributed by atoms with Crippen molar-refractivity contribution in [3.63, 3.8) is 0 Å². The van der Waals surface area contributed by atoms with Gasteiger partial charge in [0, 0.05) is 29.9 Å². The normalized spacial score (nSPS) is 14.9. The monoisotopic (exact) mass is 458 g/mol. The molecule has 0 aliphatic carbocycles. The van der Waals surface area contributed by atoms with Gasteiger partial charge < -0.3 is 14.8 Å². The summed E-state index contributed by atoms with van der Waals surface area (Å²) >= 11 is 0. The highest BCUT2D eigenvalue weighted by Crippen LogP contribution is 2.33. The Bertz CT molecular complexity index is 1060. The van der Waals surface area contributed by atoms with Gasteiger partial charge in [0.1, 0.15) is 0 Å². The molecule has 1 aliphatic heterocycles. The van der Waals surface area contributed by atoms with Crippen LogP contribution < -0.4 is 14.8 Å². The molecule has 1 aliphatic rings. The van der Waals surface area contributed by atoms with E-state index in [2.05, 4.69) is 11.9 Å². The Kier molecular flexibility index (Phi) is 7.93. The van der Waals surface area contributed by atoms with E-state index in [1.165, 1.54) is 19.2 Å². The number of benzene rings is 2. The fourth-order valence-corrected chi connectivity index (χ4v) is 5.34. The van der Waals surface area contributed by atoms with E-state index in [1.807, 2.05) is 0 Å². The topological polar surface area (TPSA) is 84.9 Å². The van der Waals surface area contributed by atoms with Gasteiger partial charge in [-0.3, -0.25) is 4.79 Å². The van der Waals surface area contributed by atoms with Gasteiger partial charge in [-0.25, -0.2) is 8.42 Å². The molecule has 1 amide bonds. The fourth-order valence-electron chi connectivity index (χ4n) is 3.83. The van der Waals surface area contributed by atoms with Gasteiger partial charge in [-0.15, -0.1) is 6.58 Å². The number of anilines is 1. The van der Waals surface area contributed by atoms with Gasteiger partial charge in [0.2, 0.25) is 10.0 Å². The molecule has 0 bridgehead atoms. The second-order valence-electron chi connectivity index (χ2n) is 7.66. The van der Waals surface area contributed by atoms with Crippen molar-refractivity contribution in [3.8, 4) is 11.5 Å². The van der Waals surface area contributed by atoms with Crippen LogP contribution >= 0.6 is 0 Å². The molecule has 2 aromatic rings. The van der Waals surface area contributed by atoms with E-state index in [4.69, 9.17) is 9.47 Å². The van der Waals surface area contributed by atoms with Crippen molar-refractivity contribution in [1.29, 1.82) is 0 Å².